The first-order chi connectivity index (χ1) is 20.1. The lowest BCUT2D eigenvalue weighted by Crippen LogP contribution is -2.49. The van der Waals surface area contributed by atoms with E-state index in [1.807, 2.05) is 38.1 Å². The number of hydrogen-bond donors (Lipinski definition) is 4. The molecule has 2 aromatic carbocycles. The summed E-state index contributed by atoms with van der Waals surface area (Å²) in [6.07, 6.45) is 0.357. The van der Waals surface area contributed by atoms with Gasteiger partial charge in [-0.05, 0) is 60.6 Å². The van der Waals surface area contributed by atoms with Crippen LogP contribution in [0.4, 0.5) is 8.78 Å². The number of amides is 3. The minimum Gasteiger partial charge on any atom is -0.497 e. The second kappa shape index (κ2) is 15.6. The molecule has 5 N–H and O–H groups in total. The monoisotopic (exact) mass is 588 g/mol. The number of nitrogens with zero attached hydrogens (tertiary/aromatic N) is 1. The number of nitrogens with two attached hydrogens (primary N) is 1. The van der Waals surface area contributed by atoms with E-state index < -0.39 is 53.3 Å². The highest BCUT2D eigenvalue weighted by Crippen LogP contribution is 2.49. The van der Waals surface area contributed by atoms with E-state index in [0.29, 0.717) is 25.4 Å². The molecule has 230 valence electrons. The molecule has 0 aliphatic heterocycles. The normalized spacial score (nSPS) is 19.0. The topological polar surface area (TPSA) is 134 Å². The molecule has 0 radical (unpaired) electrons. The molecule has 0 saturated heterocycles. The van der Waals surface area contributed by atoms with Crippen molar-refractivity contribution in [2.24, 2.45) is 23.5 Å². The maximum absolute atomic E-state index is 13.9. The molecule has 0 heterocycles. The molecule has 0 aromatic heterocycles. The summed E-state index contributed by atoms with van der Waals surface area (Å²) in [5.74, 6) is -4.42. The third-order valence-corrected chi connectivity index (χ3v) is 7.54. The average molecular weight is 589 g/mol. The zero-order chi connectivity index (χ0) is 30.8. The summed E-state index contributed by atoms with van der Waals surface area (Å²) in [6.45, 7) is 5.55. The van der Waals surface area contributed by atoms with Gasteiger partial charge in [0.15, 0.2) is 0 Å². The standard InChI is InChI=1S/C31H42F2N4O5/c1-4-9-37(10-5-2)27(39)16-24-28(30(34)40)29(24)31(41)36-25(14-20-11-21(32)15-22(33)12-20)26(38)18-35-17-19-7-6-8-23(13-19)42-3/h6-8,11-13,15,24-26,28-29,35,38H,4-5,9-10,14,16-18H2,1-3H3,(H2,34,40)(H,36,41)/t24-,25+,26-,28-,29+/m1/s1. The molecular formula is C31H42F2N4O5. The molecule has 9 nitrogen and oxygen atoms in total. The van der Waals surface area contributed by atoms with Gasteiger partial charge in [0.1, 0.15) is 17.4 Å². The first-order valence-electron chi connectivity index (χ1n) is 14.4. The number of ether oxygens (including phenoxy) is 1. The second-order valence-corrected chi connectivity index (χ2v) is 10.8. The number of aliphatic hydroxyl groups excluding tert-OH is 1. The van der Waals surface area contributed by atoms with Gasteiger partial charge >= 0.3 is 0 Å². The summed E-state index contributed by atoms with van der Waals surface area (Å²) in [4.78, 5) is 40.2. The van der Waals surface area contributed by atoms with Crippen molar-refractivity contribution < 1.29 is 33.0 Å². The fraction of sp³-hybridized carbons (Fsp3) is 0.516. The van der Waals surface area contributed by atoms with Crippen molar-refractivity contribution in [2.45, 2.75) is 58.2 Å². The quantitative estimate of drug-likeness (QED) is 0.225. The van der Waals surface area contributed by atoms with Crippen molar-refractivity contribution >= 4 is 17.7 Å². The van der Waals surface area contributed by atoms with E-state index in [1.54, 1.807) is 12.0 Å². The van der Waals surface area contributed by atoms with Gasteiger partial charge in [-0.1, -0.05) is 26.0 Å². The highest BCUT2D eigenvalue weighted by atomic mass is 19.1. The van der Waals surface area contributed by atoms with Crippen LogP contribution in [0.5, 0.6) is 5.75 Å². The maximum atomic E-state index is 13.9. The first-order valence-corrected chi connectivity index (χ1v) is 14.4. The molecule has 1 fully saturated rings. The lowest BCUT2D eigenvalue weighted by atomic mass is 10.00. The number of aliphatic hydroxyl groups is 1. The summed E-state index contributed by atoms with van der Waals surface area (Å²) < 4.78 is 33.1. The van der Waals surface area contributed by atoms with Crippen molar-refractivity contribution in [1.29, 1.82) is 0 Å². The largest absolute Gasteiger partial charge is 0.497 e. The SMILES string of the molecule is CCCN(CCC)C(=O)C[C@@H]1[C@@H](C(N)=O)[C@H]1C(=O)N[C@@H](Cc1cc(F)cc(F)c1)[C@H](O)CNCc1cccc(OC)c1. The predicted molar refractivity (Wildman–Crippen MR) is 154 cm³/mol. The van der Waals surface area contributed by atoms with Gasteiger partial charge in [-0.25, -0.2) is 8.78 Å². The van der Waals surface area contributed by atoms with Gasteiger partial charge in [0.2, 0.25) is 17.7 Å². The summed E-state index contributed by atoms with van der Waals surface area (Å²) >= 11 is 0. The van der Waals surface area contributed by atoms with Crippen LogP contribution >= 0.6 is 0 Å². The van der Waals surface area contributed by atoms with Gasteiger partial charge in [-0.2, -0.15) is 0 Å². The third-order valence-electron chi connectivity index (χ3n) is 7.54. The Labute approximate surface area is 245 Å². The minimum absolute atomic E-state index is 0.0100. The van der Waals surface area contributed by atoms with Crippen molar-refractivity contribution in [2.75, 3.05) is 26.7 Å². The van der Waals surface area contributed by atoms with Gasteiger partial charge in [-0.3, -0.25) is 14.4 Å². The van der Waals surface area contributed by atoms with Gasteiger partial charge in [0.05, 0.1) is 31.1 Å². The van der Waals surface area contributed by atoms with E-state index in [9.17, 15) is 28.3 Å². The van der Waals surface area contributed by atoms with Crippen LogP contribution in [0.1, 0.15) is 44.2 Å². The van der Waals surface area contributed by atoms with Gasteiger partial charge in [0.25, 0.3) is 0 Å². The molecule has 0 spiro atoms. The molecule has 5 atom stereocenters. The molecule has 1 saturated carbocycles. The van der Waals surface area contributed by atoms with Crippen LogP contribution in [0, 0.1) is 29.4 Å². The number of carbonyl (C=O) groups excluding carboxylic acids is 3. The smallest absolute Gasteiger partial charge is 0.224 e. The van der Waals surface area contributed by atoms with Crippen LogP contribution in [-0.2, 0) is 27.3 Å². The van der Waals surface area contributed by atoms with Crippen molar-refractivity contribution in [3.63, 3.8) is 0 Å². The lowest BCUT2D eigenvalue weighted by Gasteiger charge is -2.25. The molecule has 1 aliphatic rings. The molecule has 0 bridgehead atoms. The summed E-state index contributed by atoms with van der Waals surface area (Å²) in [5, 5.41) is 17.0. The van der Waals surface area contributed by atoms with Crippen LogP contribution in [0.15, 0.2) is 42.5 Å². The Balaban J connectivity index is 1.72. The van der Waals surface area contributed by atoms with Crippen LogP contribution < -0.4 is 21.1 Å². The molecule has 42 heavy (non-hydrogen) atoms. The van der Waals surface area contributed by atoms with E-state index >= 15 is 0 Å². The zero-order valence-electron chi connectivity index (χ0n) is 24.4. The number of rotatable bonds is 17. The molecule has 3 rings (SSSR count). The first kappa shape index (κ1) is 32.9. The second-order valence-electron chi connectivity index (χ2n) is 10.8. The maximum Gasteiger partial charge on any atom is 0.224 e. The molecule has 1 aliphatic carbocycles. The number of methoxy groups -OCH3 is 1. The predicted octanol–water partition coefficient (Wildman–Crippen LogP) is 2.54. The van der Waals surface area contributed by atoms with Crippen molar-refractivity contribution in [3.8, 4) is 5.75 Å². The van der Waals surface area contributed by atoms with E-state index in [2.05, 4.69) is 10.6 Å². The molecule has 0 unspecified atom stereocenters. The molecule has 11 heteroatoms. The Hall–Kier alpha value is -3.57. The highest BCUT2D eigenvalue weighted by molar-refractivity contribution is 5.94. The zero-order valence-corrected chi connectivity index (χ0v) is 24.4. The van der Waals surface area contributed by atoms with E-state index in [-0.39, 0.29) is 30.9 Å². The Morgan fingerprint density at radius 3 is 2.29 bits per heavy atom. The molecule has 2 aromatic rings. The molecule has 3 amide bonds. The van der Waals surface area contributed by atoms with Crippen LogP contribution in [0.2, 0.25) is 0 Å². The van der Waals surface area contributed by atoms with Gasteiger partial charge < -0.3 is 31.1 Å². The number of primary amides is 1. The lowest BCUT2D eigenvalue weighted by molar-refractivity contribution is -0.131. The Morgan fingerprint density at radius 1 is 1.02 bits per heavy atom. The fourth-order valence-corrected chi connectivity index (χ4v) is 5.44. The van der Waals surface area contributed by atoms with E-state index in [0.717, 1.165) is 36.6 Å². The summed E-state index contributed by atoms with van der Waals surface area (Å²) in [5.41, 5.74) is 6.73. The number of carbonyl (C=O) groups is 3. The average Bonchev–Trinajstić information content (AvgIpc) is 3.66. The summed E-state index contributed by atoms with van der Waals surface area (Å²) in [6, 6.07) is 9.45. The van der Waals surface area contributed by atoms with Crippen molar-refractivity contribution in [1.82, 2.24) is 15.5 Å². The van der Waals surface area contributed by atoms with Crippen LogP contribution in [0.3, 0.4) is 0 Å². The van der Waals surface area contributed by atoms with E-state index in [1.165, 1.54) is 0 Å². The number of benzene rings is 2. The number of halogens is 2. The summed E-state index contributed by atoms with van der Waals surface area (Å²) in [7, 11) is 1.56. The number of nitrogens with one attached hydrogen (secondary N) is 2. The Kier molecular flexibility index (Phi) is 12.2. The Morgan fingerprint density at radius 2 is 1.69 bits per heavy atom. The van der Waals surface area contributed by atoms with Crippen LogP contribution in [-0.4, -0.2) is 66.6 Å². The van der Waals surface area contributed by atoms with Crippen molar-refractivity contribution in [3.05, 3.63) is 65.2 Å². The van der Waals surface area contributed by atoms with Crippen LogP contribution in [0.25, 0.3) is 0 Å². The molecular weight excluding hydrogens is 546 g/mol. The van der Waals surface area contributed by atoms with Gasteiger partial charge in [-0.15, -0.1) is 0 Å². The Bertz CT molecular complexity index is 1200. The van der Waals surface area contributed by atoms with E-state index in [4.69, 9.17) is 10.5 Å². The number of hydrogen-bond acceptors (Lipinski definition) is 6. The third kappa shape index (κ3) is 9.22. The minimum atomic E-state index is -1.15. The van der Waals surface area contributed by atoms with Gasteiger partial charge in [0, 0.05) is 38.7 Å². The highest BCUT2D eigenvalue weighted by Gasteiger charge is 2.59. The fourth-order valence-electron chi connectivity index (χ4n) is 5.44.